The lowest BCUT2D eigenvalue weighted by Gasteiger charge is -2.26. The first-order valence-corrected chi connectivity index (χ1v) is 8.14. The summed E-state index contributed by atoms with van der Waals surface area (Å²) >= 11 is 0. The third-order valence-electron chi connectivity index (χ3n) is 3.48. The lowest BCUT2D eigenvalue weighted by atomic mass is 10.1. The molecule has 0 aromatic heterocycles. The van der Waals surface area contributed by atoms with Crippen molar-refractivity contribution in [2.75, 3.05) is 6.61 Å². The van der Waals surface area contributed by atoms with E-state index in [1.54, 1.807) is 20.8 Å². The standard InChI is InChI=1S/C18H25NO5/c1-18(2,3)24-17(21)19-14(15-9-10-16(20)23-15)12-22-11-13-7-5-4-6-8-13/h4-8,14-15H,9-12H2,1-3H3,(H,19,21)/t14-,15+/m1/s1. The van der Waals surface area contributed by atoms with Crippen molar-refractivity contribution < 1.29 is 23.8 Å². The molecule has 0 saturated carbocycles. The van der Waals surface area contributed by atoms with Crippen molar-refractivity contribution >= 4 is 12.1 Å². The summed E-state index contributed by atoms with van der Waals surface area (Å²) in [5.74, 6) is -0.251. The second-order valence-corrected chi connectivity index (χ2v) is 6.82. The van der Waals surface area contributed by atoms with E-state index in [-0.39, 0.29) is 18.7 Å². The molecule has 0 radical (unpaired) electrons. The van der Waals surface area contributed by atoms with Crippen LogP contribution < -0.4 is 5.32 Å². The maximum Gasteiger partial charge on any atom is 0.408 e. The van der Waals surface area contributed by atoms with Crippen molar-refractivity contribution in [1.29, 1.82) is 0 Å². The molecular formula is C18H25NO5. The molecule has 6 heteroatoms. The summed E-state index contributed by atoms with van der Waals surface area (Å²) in [5.41, 5.74) is 0.447. The Labute approximate surface area is 142 Å². The summed E-state index contributed by atoms with van der Waals surface area (Å²) < 4.78 is 16.2. The van der Waals surface area contributed by atoms with Crippen molar-refractivity contribution in [2.24, 2.45) is 0 Å². The number of esters is 1. The van der Waals surface area contributed by atoms with E-state index in [1.807, 2.05) is 30.3 Å². The predicted molar refractivity (Wildman–Crippen MR) is 88.4 cm³/mol. The molecule has 1 aromatic carbocycles. The highest BCUT2D eigenvalue weighted by Gasteiger charge is 2.33. The number of hydrogen-bond acceptors (Lipinski definition) is 5. The Morgan fingerprint density at radius 2 is 2.04 bits per heavy atom. The van der Waals surface area contributed by atoms with Crippen LogP contribution in [-0.2, 0) is 25.6 Å². The lowest BCUT2D eigenvalue weighted by molar-refractivity contribution is -0.143. The summed E-state index contributed by atoms with van der Waals surface area (Å²) in [5, 5.41) is 2.76. The smallest absolute Gasteiger partial charge is 0.408 e. The Hall–Kier alpha value is -2.08. The van der Waals surface area contributed by atoms with Gasteiger partial charge in [-0.1, -0.05) is 30.3 Å². The highest BCUT2D eigenvalue weighted by atomic mass is 16.6. The Balaban J connectivity index is 1.90. The maximum atomic E-state index is 12.0. The zero-order valence-corrected chi connectivity index (χ0v) is 14.4. The van der Waals surface area contributed by atoms with Crippen LogP contribution in [-0.4, -0.2) is 36.4 Å². The number of ether oxygens (including phenoxy) is 3. The Morgan fingerprint density at radius 3 is 2.62 bits per heavy atom. The van der Waals surface area contributed by atoms with Gasteiger partial charge in [-0.2, -0.15) is 0 Å². The number of hydrogen-bond donors (Lipinski definition) is 1. The minimum Gasteiger partial charge on any atom is -0.460 e. The highest BCUT2D eigenvalue weighted by molar-refractivity contribution is 5.72. The van der Waals surface area contributed by atoms with Crippen LogP contribution in [0.1, 0.15) is 39.2 Å². The predicted octanol–water partition coefficient (Wildman–Crippen LogP) is 2.80. The van der Waals surface area contributed by atoms with Crippen molar-refractivity contribution in [2.45, 2.75) is 58.0 Å². The van der Waals surface area contributed by atoms with Gasteiger partial charge in [0.15, 0.2) is 0 Å². The molecule has 1 aromatic rings. The first-order chi connectivity index (χ1) is 11.3. The van der Waals surface area contributed by atoms with Crippen LogP contribution in [0, 0.1) is 0 Å². The van der Waals surface area contributed by atoms with E-state index in [4.69, 9.17) is 14.2 Å². The topological polar surface area (TPSA) is 73.9 Å². The second-order valence-electron chi connectivity index (χ2n) is 6.82. The van der Waals surface area contributed by atoms with Gasteiger partial charge in [0.05, 0.1) is 19.3 Å². The molecule has 1 saturated heterocycles. The molecule has 1 N–H and O–H groups in total. The fourth-order valence-electron chi connectivity index (χ4n) is 2.41. The summed E-state index contributed by atoms with van der Waals surface area (Å²) in [7, 11) is 0. The molecular weight excluding hydrogens is 310 g/mol. The number of carbonyl (C=O) groups excluding carboxylic acids is 2. The van der Waals surface area contributed by atoms with Crippen LogP contribution >= 0.6 is 0 Å². The number of rotatable bonds is 6. The highest BCUT2D eigenvalue weighted by Crippen LogP contribution is 2.18. The number of cyclic esters (lactones) is 1. The first kappa shape index (κ1) is 18.3. The number of benzene rings is 1. The SMILES string of the molecule is CC(C)(C)OC(=O)N[C@H](COCc1ccccc1)[C@@H]1CCC(=O)O1. The minimum atomic E-state index is -0.591. The van der Waals surface area contributed by atoms with E-state index in [1.165, 1.54) is 0 Å². The van der Waals surface area contributed by atoms with Crippen LogP contribution in [0.2, 0.25) is 0 Å². The zero-order valence-electron chi connectivity index (χ0n) is 14.4. The molecule has 0 spiro atoms. The van der Waals surface area contributed by atoms with E-state index in [9.17, 15) is 9.59 Å². The molecule has 0 unspecified atom stereocenters. The fraction of sp³-hybridized carbons (Fsp3) is 0.556. The number of alkyl carbamates (subject to hydrolysis) is 1. The molecule has 0 bridgehead atoms. The van der Waals surface area contributed by atoms with Gasteiger partial charge in [0, 0.05) is 6.42 Å². The molecule has 1 amide bonds. The number of nitrogens with one attached hydrogen (secondary N) is 1. The van der Waals surface area contributed by atoms with E-state index < -0.39 is 17.7 Å². The average molecular weight is 335 g/mol. The molecule has 2 rings (SSSR count). The first-order valence-electron chi connectivity index (χ1n) is 8.14. The van der Waals surface area contributed by atoms with Gasteiger partial charge in [0.25, 0.3) is 0 Å². The van der Waals surface area contributed by atoms with E-state index in [2.05, 4.69) is 5.32 Å². The van der Waals surface area contributed by atoms with E-state index >= 15 is 0 Å². The average Bonchev–Trinajstić information content (AvgIpc) is 2.92. The molecule has 24 heavy (non-hydrogen) atoms. The quantitative estimate of drug-likeness (QED) is 0.809. The third kappa shape index (κ3) is 6.20. The van der Waals surface area contributed by atoms with Crippen molar-refractivity contribution in [1.82, 2.24) is 5.32 Å². The van der Waals surface area contributed by atoms with Gasteiger partial charge in [-0.05, 0) is 32.8 Å². The second kappa shape index (κ2) is 8.15. The summed E-state index contributed by atoms with van der Waals surface area (Å²) in [6.45, 7) is 6.05. The van der Waals surface area contributed by atoms with Gasteiger partial charge in [0.2, 0.25) is 0 Å². The van der Waals surface area contributed by atoms with Crippen molar-refractivity contribution in [3.63, 3.8) is 0 Å². The van der Waals surface area contributed by atoms with Crippen LogP contribution in [0.5, 0.6) is 0 Å². The number of amides is 1. The molecule has 1 heterocycles. The van der Waals surface area contributed by atoms with Crippen molar-refractivity contribution in [3.05, 3.63) is 35.9 Å². The van der Waals surface area contributed by atoms with E-state index in [0.29, 0.717) is 19.4 Å². The molecule has 1 fully saturated rings. The molecule has 1 aliphatic heterocycles. The molecule has 2 atom stereocenters. The number of carbonyl (C=O) groups is 2. The van der Waals surface area contributed by atoms with Crippen LogP contribution in [0.4, 0.5) is 4.79 Å². The maximum absolute atomic E-state index is 12.0. The Morgan fingerprint density at radius 1 is 1.33 bits per heavy atom. The Bertz CT molecular complexity index is 552. The van der Waals surface area contributed by atoms with Crippen LogP contribution in [0.3, 0.4) is 0 Å². The normalized spacial score (nSPS) is 18.8. The van der Waals surface area contributed by atoms with Crippen LogP contribution in [0.25, 0.3) is 0 Å². The molecule has 132 valence electrons. The monoisotopic (exact) mass is 335 g/mol. The molecule has 1 aliphatic rings. The van der Waals surface area contributed by atoms with Gasteiger partial charge in [-0.3, -0.25) is 4.79 Å². The summed E-state index contributed by atoms with van der Waals surface area (Å²) in [6.07, 6.45) is -0.0105. The largest absolute Gasteiger partial charge is 0.460 e. The van der Waals surface area contributed by atoms with Gasteiger partial charge >= 0.3 is 12.1 Å². The minimum absolute atomic E-state index is 0.242. The molecule has 6 nitrogen and oxygen atoms in total. The lowest BCUT2D eigenvalue weighted by Crippen LogP contribution is -2.48. The summed E-state index contributed by atoms with van der Waals surface area (Å²) in [4.78, 5) is 23.4. The summed E-state index contributed by atoms with van der Waals surface area (Å²) in [6, 6.07) is 9.31. The molecule has 0 aliphatic carbocycles. The van der Waals surface area contributed by atoms with E-state index in [0.717, 1.165) is 5.56 Å². The van der Waals surface area contributed by atoms with Gasteiger partial charge in [-0.25, -0.2) is 4.79 Å². The van der Waals surface area contributed by atoms with Crippen molar-refractivity contribution in [3.8, 4) is 0 Å². The zero-order chi connectivity index (χ0) is 17.6. The third-order valence-corrected chi connectivity index (χ3v) is 3.48. The van der Waals surface area contributed by atoms with Crippen LogP contribution in [0.15, 0.2) is 30.3 Å². The van der Waals surface area contributed by atoms with Gasteiger partial charge in [0.1, 0.15) is 11.7 Å². The fourth-order valence-corrected chi connectivity index (χ4v) is 2.41. The van der Waals surface area contributed by atoms with Gasteiger partial charge in [-0.15, -0.1) is 0 Å². The Kier molecular flexibility index (Phi) is 6.20. The van der Waals surface area contributed by atoms with Gasteiger partial charge < -0.3 is 19.5 Å².